The minimum atomic E-state index is -0.240. The third kappa shape index (κ3) is 4.31. The van der Waals surface area contributed by atoms with Crippen molar-refractivity contribution in [1.29, 1.82) is 0 Å². The molecule has 1 aliphatic rings. The van der Waals surface area contributed by atoms with Crippen molar-refractivity contribution >= 4 is 22.5 Å². The topological polar surface area (TPSA) is 56.4 Å². The van der Waals surface area contributed by atoms with Gasteiger partial charge < -0.3 is 14.8 Å². The van der Waals surface area contributed by atoms with E-state index in [1.165, 1.54) is 12.1 Å². The van der Waals surface area contributed by atoms with E-state index >= 15 is 0 Å². The molecule has 6 heteroatoms. The van der Waals surface area contributed by atoms with Crippen molar-refractivity contribution in [1.82, 2.24) is 9.88 Å². The molecule has 1 saturated heterocycles. The van der Waals surface area contributed by atoms with E-state index in [2.05, 4.69) is 9.88 Å². The Morgan fingerprint density at radius 1 is 1.03 bits per heavy atom. The largest absolute Gasteiger partial charge is 0.368 e. The van der Waals surface area contributed by atoms with Crippen LogP contribution in [0.15, 0.2) is 53.3 Å². The molecule has 1 N–H and O–H groups in total. The molecular weight excluding hydrogens is 369 g/mol. The molecule has 1 amide bonds. The minimum absolute atomic E-state index is 0.0789. The SMILES string of the molecule is Cc1cc2ccc(CCC(=O)N3CCN(c4ccc(F)cc4)CC3)cc2[nH]c1=O. The summed E-state index contributed by atoms with van der Waals surface area (Å²) >= 11 is 0. The number of carbonyl (C=O) groups excluding carboxylic acids is 1. The molecule has 5 nitrogen and oxygen atoms in total. The number of hydrogen-bond acceptors (Lipinski definition) is 3. The number of halogens is 1. The van der Waals surface area contributed by atoms with E-state index in [1.54, 1.807) is 19.1 Å². The Labute approximate surface area is 168 Å². The number of piperazine rings is 1. The van der Waals surface area contributed by atoms with E-state index in [0.29, 0.717) is 31.5 Å². The molecule has 4 rings (SSSR count). The van der Waals surface area contributed by atoms with Crippen LogP contribution in [0.3, 0.4) is 0 Å². The Hall–Kier alpha value is -3.15. The van der Waals surface area contributed by atoms with Gasteiger partial charge in [-0.3, -0.25) is 9.59 Å². The van der Waals surface area contributed by atoms with Crippen molar-refractivity contribution in [2.75, 3.05) is 31.1 Å². The van der Waals surface area contributed by atoms with Gasteiger partial charge in [0.05, 0.1) is 0 Å². The van der Waals surface area contributed by atoms with Gasteiger partial charge in [-0.05, 0) is 60.7 Å². The van der Waals surface area contributed by atoms with Gasteiger partial charge in [-0.25, -0.2) is 4.39 Å². The predicted molar refractivity (Wildman–Crippen MR) is 113 cm³/mol. The average Bonchev–Trinajstić information content (AvgIpc) is 2.73. The quantitative estimate of drug-likeness (QED) is 0.740. The second kappa shape index (κ2) is 8.07. The first-order valence-electron chi connectivity index (χ1n) is 9.90. The number of hydrogen-bond donors (Lipinski definition) is 1. The van der Waals surface area contributed by atoms with Crippen LogP contribution in [0.2, 0.25) is 0 Å². The van der Waals surface area contributed by atoms with Crippen molar-refractivity contribution in [3.8, 4) is 0 Å². The summed E-state index contributed by atoms with van der Waals surface area (Å²) in [5.74, 6) is -0.100. The maximum Gasteiger partial charge on any atom is 0.251 e. The van der Waals surface area contributed by atoms with Gasteiger partial charge in [0.1, 0.15) is 5.82 Å². The maximum atomic E-state index is 13.1. The fourth-order valence-electron chi connectivity index (χ4n) is 3.79. The fourth-order valence-corrected chi connectivity index (χ4v) is 3.79. The highest BCUT2D eigenvalue weighted by atomic mass is 19.1. The number of benzene rings is 2. The number of aromatic nitrogens is 1. The Balaban J connectivity index is 1.33. The number of pyridine rings is 1. The van der Waals surface area contributed by atoms with Gasteiger partial charge in [-0.2, -0.15) is 0 Å². The average molecular weight is 393 g/mol. The molecule has 2 aromatic carbocycles. The maximum absolute atomic E-state index is 13.1. The Bertz CT molecular complexity index is 1080. The molecule has 2 heterocycles. The van der Waals surface area contributed by atoms with E-state index in [0.717, 1.165) is 35.2 Å². The first-order chi connectivity index (χ1) is 14.0. The lowest BCUT2D eigenvalue weighted by Crippen LogP contribution is -2.48. The zero-order valence-corrected chi connectivity index (χ0v) is 16.5. The van der Waals surface area contributed by atoms with E-state index in [9.17, 15) is 14.0 Å². The van der Waals surface area contributed by atoms with E-state index in [-0.39, 0.29) is 17.3 Å². The van der Waals surface area contributed by atoms with E-state index < -0.39 is 0 Å². The van der Waals surface area contributed by atoms with Crippen LogP contribution in [0, 0.1) is 12.7 Å². The molecule has 150 valence electrons. The summed E-state index contributed by atoms with van der Waals surface area (Å²) in [5, 5.41) is 0.995. The van der Waals surface area contributed by atoms with E-state index in [1.807, 2.05) is 29.2 Å². The highest BCUT2D eigenvalue weighted by molar-refractivity contribution is 5.80. The lowest BCUT2D eigenvalue weighted by molar-refractivity contribution is -0.131. The number of aromatic amines is 1. The molecule has 29 heavy (non-hydrogen) atoms. The fraction of sp³-hybridized carbons (Fsp3) is 0.304. The molecule has 0 unspecified atom stereocenters. The zero-order valence-electron chi connectivity index (χ0n) is 16.5. The normalized spacial score (nSPS) is 14.4. The molecule has 0 atom stereocenters. The molecule has 0 saturated carbocycles. The van der Waals surface area contributed by atoms with Gasteiger partial charge in [-0.1, -0.05) is 12.1 Å². The third-order valence-electron chi connectivity index (χ3n) is 5.55. The zero-order chi connectivity index (χ0) is 20.4. The van der Waals surface area contributed by atoms with Gasteiger partial charge in [0.2, 0.25) is 5.91 Å². The number of aryl methyl sites for hydroxylation is 2. The summed E-state index contributed by atoms with van der Waals surface area (Å²) in [7, 11) is 0. The van der Waals surface area contributed by atoms with Crippen LogP contribution in [0.5, 0.6) is 0 Å². The molecular formula is C23H24FN3O2. The van der Waals surface area contributed by atoms with Crippen molar-refractivity contribution in [2.24, 2.45) is 0 Å². The highest BCUT2D eigenvalue weighted by Crippen LogP contribution is 2.18. The second-order valence-corrected chi connectivity index (χ2v) is 7.55. The summed E-state index contributed by atoms with van der Waals surface area (Å²) < 4.78 is 13.1. The lowest BCUT2D eigenvalue weighted by atomic mass is 10.1. The number of H-pyrrole nitrogens is 1. The number of nitrogens with one attached hydrogen (secondary N) is 1. The molecule has 0 spiro atoms. The number of nitrogens with zero attached hydrogens (tertiary/aromatic N) is 2. The van der Waals surface area contributed by atoms with Crippen LogP contribution in [0.4, 0.5) is 10.1 Å². The van der Waals surface area contributed by atoms with Crippen LogP contribution in [0.25, 0.3) is 10.9 Å². The van der Waals surface area contributed by atoms with Crippen LogP contribution >= 0.6 is 0 Å². The van der Waals surface area contributed by atoms with Gasteiger partial charge in [0.15, 0.2) is 0 Å². The van der Waals surface area contributed by atoms with Gasteiger partial charge in [-0.15, -0.1) is 0 Å². The predicted octanol–water partition coefficient (Wildman–Crippen LogP) is 3.26. The van der Waals surface area contributed by atoms with Crippen molar-refractivity contribution in [3.63, 3.8) is 0 Å². The number of fused-ring (bicyclic) bond motifs is 1. The summed E-state index contributed by atoms with van der Waals surface area (Å²) in [6.07, 6.45) is 1.08. The number of carbonyl (C=O) groups is 1. The molecule has 0 radical (unpaired) electrons. The number of anilines is 1. The van der Waals surface area contributed by atoms with Gasteiger partial charge in [0, 0.05) is 49.4 Å². The summed E-state index contributed by atoms with van der Waals surface area (Å²) in [4.78, 5) is 31.4. The minimum Gasteiger partial charge on any atom is -0.368 e. The first-order valence-corrected chi connectivity index (χ1v) is 9.90. The molecule has 1 aliphatic heterocycles. The number of amides is 1. The second-order valence-electron chi connectivity index (χ2n) is 7.55. The Morgan fingerprint density at radius 2 is 1.76 bits per heavy atom. The van der Waals surface area contributed by atoms with Crippen LogP contribution in [0.1, 0.15) is 17.5 Å². The van der Waals surface area contributed by atoms with Crippen LogP contribution in [-0.2, 0) is 11.2 Å². The van der Waals surface area contributed by atoms with Gasteiger partial charge >= 0.3 is 0 Å². The lowest BCUT2D eigenvalue weighted by Gasteiger charge is -2.36. The Morgan fingerprint density at radius 3 is 2.48 bits per heavy atom. The Kier molecular flexibility index (Phi) is 5.34. The monoisotopic (exact) mass is 393 g/mol. The summed E-state index contributed by atoms with van der Waals surface area (Å²) in [5.41, 5.74) is 3.44. The van der Waals surface area contributed by atoms with Crippen molar-refractivity contribution < 1.29 is 9.18 Å². The summed E-state index contributed by atoms with van der Waals surface area (Å²) in [6.45, 7) is 4.61. The molecule has 1 aromatic heterocycles. The molecule has 0 bridgehead atoms. The summed E-state index contributed by atoms with van der Waals surface area (Å²) in [6, 6.07) is 14.3. The standard InChI is InChI=1S/C23H24FN3O2/c1-16-14-18-4-2-17(15-21(18)25-23(16)29)3-9-22(28)27-12-10-26(11-13-27)20-7-5-19(24)6-8-20/h2,4-8,14-15H,3,9-13H2,1H3,(H,25,29). The van der Waals surface area contributed by atoms with E-state index in [4.69, 9.17) is 0 Å². The van der Waals surface area contributed by atoms with Crippen LogP contribution in [-0.4, -0.2) is 42.0 Å². The molecule has 3 aromatic rings. The van der Waals surface area contributed by atoms with Crippen LogP contribution < -0.4 is 10.5 Å². The smallest absolute Gasteiger partial charge is 0.251 e. The number of rotatable bonds is 4. The molecule has 1 fully saturated rings. The third-order valence-corrected chi connectivity index (χ3v) is 5.55. The van der Waals surface area contributed by atoms with Crippen molar-refractivity contribution in [2.45, 2.75) is 19.8 Å². The van der Waals surface area contributed by atoms with Gasteiger partial charge in [0.25, 0.3) is 5.56 Å². The highest BCUT2D eigenvalue weighted by Gasteiger charge is 2.21. The molecule has 0 aliphatic carbocycles. The first kappa shape index (κ1) is 19.2. The van der Waals surface area contributed by atoms with Crippen molar-refractivity contribution in [3.05, 3.63) is 75.8 Å².